The maximum absolute atomic E-state index is 11.2. The van der Waals surface area contributed by atoms with Crippen LogP contribution in [0.15, 0.2) is 24.3 Å². The molecule has 1 aliphatic rings. The van der Waals surface area contributed by atoms with Crippen molar-refractivity contribution in [2.24, 2.45) is 11.1 Å². The summed E-state index contributed by atoms with van der Waals surface area (Å²) in [4.78, 5) is 11.2. The SMILES string of the molecule is CC(=O)C1(CN)C=CC=CC1. The van der Waals surface area contributed by atoms with Crippen molar-refractivity contribution >= 4 is 5.78 Å². The summed E-state index contributed by atoms with van der Waals surface area (Å²) in [5.41, 5.74) is 5.13. The van der Waals surface area contributed by atoms with Gasteiger partial charge in [-0.3, -0.25) is 4.79 Å². The van der Waals surface area contributed by atoms with Crippen LogP contribution in [0.3, 0.4) is 0 Å². The van der Waals surface area contributed by atoms with Crippen LogP contribution in [0.25, 0.3) is 0 Å². The van der Waals surface area contributed by atoms with E-state index < -0.39 is 5.41 Å². The molecule has 0 heterocycles. The highest BCUT2D eigenvalue weighted by Crippen LogP contribution is 2.27. The van der Waals surface area contributed by atoms with Crippen molar-refractivity contribution in [3.8, 4) is 0 Å². The number of Topliss-reactive ketones (excluding diaryl/α,β-unsaturated/α-hetero) is 1. The molecule has 11 heavy (non-hydrogen) atoms. The number of hydrogen-bond acceptors (Lipinski definition) is 2. The highest BCUT2D eigenvalue weighted by atomic mass is 16.1. The number of carbonyl (C=O) groups is 1. The van der Waals surface area contributed by atoms with Crippen molar-refractivity contribution in [2.75, 3.05) is 6.54 Å². The molecule has 0 saturated heterocycles. The molecule has 0 aromatic carbocycles. The van der Waals surface area contributed by atoms with Crippen LogP contribution in [-0.4, -0.2) is 12.3 Å². The van der Waals surface area contributed by atoms with Crippen LogP contribution in [0.1, 0.15) is 13.3 Å². The molecule has 0 amide bonds. The Morgan fingerprint density at radius 2 is 2.36 bits per heavy atom. The standard InChI is InChI=1S/C9H13NO/c1-8(11)9(7-10)5-3-2-4-6-9/h2-5H,6-7,10H2,1H3. The lowest BCUT2D eigenvalue weighted by molar-refractivity contribution is -0.123. The van der Waals surface area contributed by atoms with E-state index in [0.717, 1.165) is 6.42 Å². The Balaban J connectivity index is 2.85. The highest BCUT2D eigenvalue weighted by Gasteiger charge is 2.30. The maximum atomic E-state index is 11.2. The number of nitrogens with two attached hydrogens (primary N) is 1. The van der Waals surface area contributed by atoms with Gasteiger partial charge in [-0.15, -0.1) is 0 Å². The molecule has 0 saturated carbocycles. The van der Waals surface area contributed by atoms with Gasteiger partial charge in [-0.05, 0) is 13.3 Å². The predicted octanol–water partition coefficient (Wildman–Crippen LogP) is 1.04. The lowest BCUT2D eigenvalue weighted by Gasteiger charge is -2.26. The van der Waals surface area contributed by atoms with Gasteiger partial charge in [0.15, 0.2) is 0 Å². The largest absolute Gasteiger partial charge is 0.329 e. The zero-order valence-electron chi connectivity index (χ0n) is 6.71. The van der Waals surface area contributed by atoms with Gasteiger partial charge in [0.1, 0.15) is 5.78 Å². The summed E-state index contributed by atoms with van der Waals surface area (Å²) in [5, 5.41) is 0. The van der Waals surface area contributed by atoms with E-state index in [0.29, 0.717) is 6.54 Å². The molecule has 2 nitrogen and oxygen atoms in total. The van der Waals surface area contributed by atoms with Crippen LogP contribution in [0.4, 0.5) is 0 Å². The average Bonchev–Trinajstić information content (AvgIpc) is 2.05. The topological polar surface area (TPSA) is 43.1 Å². The van der Waals surface area contributed by atoms with Gasteiger partial charge in [0.25, 0.3) is 0 Å². The molecule has 1 aliphatic carbocycles. The van der Waals surface area contributed by atoms with Crippen molar-refractivity contribution in [3.05, 3.63) is 24.3 Å². The molecule has 0 fully saturated rings. The third-order valence-corrected chi connectivity index (χ3v) is 2.21. The van der Waals surface area contributed by atoms with Crippen LogP contribution in [0.2, 0.25) is 0 Å². The van der Waals surface area contributed by atoms with Gasteiger partial charge in [-0.1, -0.05) is 24.3 Å². The first-order chi connectivity index (χ1) is 5.21. The van der Waals surface area contributed by atoms with Gasteiger partial charge in [0.05, 0.1) is 5.41 Å². The van der Waals surface area contributed by atoms with Crippen molar-refractivity contribution in [3.63, 3.8) is 0 Å². The second-order valence-corrected chi connectivity index (χ2v) is 2.91. The second kappa shape index (κ2) is 3.01. The number of ketones is 1. The number of carbonyl (C=O) groups excluding carboxylic acids is 1. The van der Waals surface area contributed by atoms with Crippen molar-refractivity contribution in [2.45, 2.75) is 13.3 Å². The summed E-state index contributed by atoms with van der Waals surface area (Å²) in [7, 11) is 0. The van der Waals surface area contributed by atoms with Gasteiger partial charge < -0.3 is 5.73 Å². The van der Waals surface area contributed by atoms with Crippen molar-refractivity contribution in [1.82, 2.24) is 0 Å². The Bertz CT molecular complexity index is 218. The molecule has 0 aromatic rings. The van der Waals surface area contributed by atoms with Crippen LogP contribution in [0.5, 0.6) is 0 Å². The number of allylic oxidation sites excluding steroid dienone is 3. The fourth-order valence-corrected chi connectivity index (χ4v) is 1.22. The third-order valence-electron chi connectivity index (χ3n) is 2.21. The van der Waals surface area contributed by atoms with Gasteiger partial charge in [-0.25, -0.2) is 0 Å². The van der Waals surface area contributed by atoms with E-state index in [2.05, 4.69) is 0 Å². The minimum Gasteiger partial charge on any atom is -0.329 e. The van der Waals surface area contributed by atoms with Gasteiger partial charge in [0.2, 0.25) is 0 Å². The lowest BCUT2D eigenvalue weighted by atomic mass is 9.78. The summed E-state index contributed by atoms with van der Waals surface area (Å²) in [6.07, 6.45) is 8.45. The number of hydrogen-bond donors (Lipinski definition) is 1. The van der Waals surface area contributed by atoms with E-state index >= 15 is 0 Å². The number of rotatable bonds is 2. The van der Waals surface area contributed by atoms with Crippen molar-refractivity contribution in [1.29, 1.82) is 0 Å². The molecule has 0 aromatic heterocycles. The van der Waals surface area contributed by atoms with Gasteiger partial charge in [0, 0.05) is 6.54 Å². The van der Waals surface area contributed by atoms with Gasteiger partial charge in [-0.2, -0.15) is 0 Å². The summed E-state index contributed by atoms with van der Waals surface area (Å²) in [5.74, 6) is 0.153. The van der Waals surface area contributed by atoms with Crippen molar-refractivity contribution < 1.29 is 4.79 Å². The van der Waals surface area contributed by atoms with Gasteiger partial charge >= 0.3 is 0 Å². The summed E-state index contributed by atoms with van der Waals surface area (Å²) >= 11 is 0. The Morgan fingerprint density at radius 3 is 2.64 bits per heavy atom. The molecule has 0 aliphatic heterocycles. The fraction of sp³-hybridized carbons (Fsp3) is 0.444. The monoisotopic (exact) mass is 151 g/mol. The molecule has 0 bridgehead atoms. The van der Waals surface area contributed by atoms with E-state index in [-0.39, 0.29) is 5.78 Å². The first kappa shape index (κ1) is 8.21. The molecule has 1 unspecified atom stereocenters. The molecule has 0 radical (unpaired) electrons. The third kappa shape index (κ3) is 1.40. The highest BCUT2D eigenvalue weighted by molar-refractivity contribution is 5.85. The smallest absolute Gasteiger partial charge is 0.141 e. The Labute approximate surface area is 66.8 Å². The minimum atomic E-state index is -0.408. The molecule has 0 spiro atoms. The Morgan fingerprint density at radius 1 is 1.64 bits per heavy atom. The Kier molecular flexibility index (Phi) is 2.25. The normalized spacial score (nSPS) is 28.9. The van der Waals surface area contributed by atoms with Crippen LogP contribution in [-0.2, 0) is 4.79 Å². The van der Waals surface area contributed by atoms with E-state index in [9.17, 15) is 4.79 Å². The molecule has 1 rings (SSSR count). The Hall–Kier alpha value is -0.890. The first-order valence-corrected chi connectivity index (χ1v) is 3.77. The van der Waals surface area contributed by atoms with E-state index in [4.69, 9.17) is 5.73 Å². The maximum Gasteiger partial charge on any atom is 0.141 e. The van der Waals surface area contributed by atoms with Crippen LogP contribution >= 0.6 is 0 Å². The molecular formula is C9H13NO. The molecule has 60 valence electrons. The average molecular weight is 151 g/mol. The summed E-state index contributed by atoms with van der Waals surface area (Å²) in [6, 6.07) is 0. The first-order valence-electron chi connectivity index (χ1n) is 3.77. The molecule has 1 atom stereocenters. The molecular weight excluding hydrogens is 138 g/mol. The van der Waals surface area contributed by atoms with Crippen LogP contribution in [0, 0.1) is 5.41 Å². The fourth-order valence-electron chi connectivity index (χ4n) is 1.22. The molecule has 2 heteroatoms. The summed E-state index contributed by atoms with van der Waals surface area (Å²) < 4.78 is 0. The van der Waals surface area contributed by atoms with E-state index in [1.54, 1.807) is 6.92 Å². The van der Waals surface area contributed by atoms with E-state index in [1.165, 1.54) is 0 Å². The van der Waals surface area contributed by atoms with E-state index in [1.807, 2.05) is 24.3 Å². The zero-order valence-corrected chi connectivity index (χ0v) is 6.71. The second-order valence-electron chi connectivity index (χ2n) is 2.91. The minimum absolute atomic E-state index is 0.153. The quantitative estimate of drug-likeness (QED) is 0.640. The summed E-state index contributed by atoms with van der Waals surface area (Å²) in [6.45, 7) is 2.00. The predicted molar refractivity (Wildman–Crippen MR) is 45.1 cm³/mol. The molecule has 2 N–H and O–H groups in total. The zero-order chi connectivity index (χ0) is 8.32. The lowest BCUT2D eigenvalue weighted by Crippen LogP contribution is -2.35. The van der Waals surface area contributed by atoms with Crippen LogP contribution < -0.4 is 5.73 Å².